The maximum atomic E-state index is 5.48. The highest BCUT2D eigenvalue weighted by Gasteiger charge is 2.15. The van der Waals surface area contributed by atoms with E-state index in [1.54, 1.807) is 20.4 Å². The summed E-state index contributed by atoms with van der Waals surface area (Å²) in [4.78, 5) is 7.83. The van der Waals surface area contributed by atoms with Crippen LogP contribution in [0, 0.1) is 0 Å². The fraction of sp³-hybridized carbons (Fsp3) is 0.174. The van der Waals surface area contributed by atoms with Gasteiger partial charge in [0.05, 0.1) is 14.2 Å². The molecule has 0 spiro atoms. The van der Waals surface area contributed by atoms with E-state index < -0.39 is 0 Å². The van der Waals surface area contributed by atoms with Gasteiger partial charge < -0.3 is 14.5 Å². The van der Waals surface area contributed by atoms with Crippen molar-refractivity contribution < 1.29 is 9.47 Å². The summed E-state index contributed by atoms with van der Waals surface area (Å²) in [5.74, 6) is 1.46. The Kier molecular flexibility index (Phi) is 4.55. The summed E-state index contributed by atoms with van der Waals surface area (Å²) >= 11 is 0. The highest BCUT2D eigenvalue weighted by atomic mass is 16.5. The molecule has 2 aromatic carbocycles. The van der Waals surface area contributed by atoms with Gasteiger partial charge in [0.1, 0.15) is 0 Å². The molecule has 0 saturated heterocycles. The molecule has 4 nitrogen and oxygen atoms in total. The summed E-state index contributed by atoms with van der Waals surface area (Å²) in [6.07, 6.45) is 4.62. The molecule has 4 rings (SSSR count). The number of fused-ring (bicyclic) bond motifs is 1. The maximum Gasteiger partial charge on any atom is 0.161 e. The second-order valence-electron chi connectivity index (χ2n) is 6.40. The number of aromatic amines is 1. The van der Waals surface area contributed by atoms with Crippen LogP contribution in [0.2, 0.25) is 0 Å². The lowest BCUT2D eigenvalue weighted by molar-refractivity contribution is 0.355. The van der Waals surface area contributed by atoms with Gasteiger partial charge in [-0.25, -0.2) is 0 Å². The molecule has 0 fully saturated rings. The van der Waals surface area contributed by atoms with Crippen molar-refractivity contribution >= 4 is 10.9 Å². The summed E-state index contributed by atoms with van der Waals surface area (Å²) in [5, 5.41) is 1.24. The number of benzene rings is 2. The fourth-order valence-corrected chi connectivity index (χ4v) is 3.57. The predicted octanol–water partition coefficient (Wildman–Crippen LogP) is 5.48. The third-order valence-corrected chi connectivity index (χ3v) is 4.93. The number of H-pyrrole nitrogens is 1. The standard InChI is InChI=1S/C23H22N2O2/c1-4-18-19-12-15(17-6-5-11-24-14-17)7-9-20(19)25-23(18)16-8-10-21(26-2)22(13-16)27-3/h5-14,25H,4H2,1-3H3. The molecule has 27 heavy (non-hydrogen) atoms. The lowest BCUT2D eigenvalue weighted by Crippen LogP contribution is -1.92. The van der Waals surface area contributed by atoms with E-state index in [4.69, 9.17) is 9.47 Å². The Morgan fingerprint density at radius 1 is 0.889 bits per heavy atom. The van der Waals surface area contributed by atoms with Gasteiger partial charge in [0, 0.05) is 40.1 Å². The summed E-state index contributed by atoms with van der Waals surface area (Å²) < 4.78 is 10.8. The molecule has 4 aromatic rings. The average molecular weight is 358 g/mol. The van der Waals surface area contributed by atoms with E-state index in [9.17, 15) is 0 Å². The number of ether oxygens (including phenoxy) is 2. The summed E-state index contributed by atoms with van der Waals surface area (Å²) in [7, 11) is 3.31. The number of nitrogens with one attached hydrogen (secondary N) is 1. The second-order valence-corrected chi connectivity index (χ2v) is 6.40. The van der Waals surface area contributed by atoms with Crippen LogP contribution >= 0.6 is 0 Å². The Morgan fingerprint density at radius 3 is 2.41 bits per heavy atom. The molecule has 0 unspecified atom stereocenters. The molecule has 1 N–H and O–H groups in total. The molecular formula is C23H22N2O2. The van der Waals surface area contributed by atoms with E-state index in [2.05, 4.69) is 47.2 Å². The first-order chi connectivity index (χ1) is 13.2. The number of rotatable bonds is 5. The van der Waals surface area contributed by atoms with Crippen molar-refractivity contribution in [2.45, 2.75) is 13.3 Å². The van der Waals surface area contributed by atoms with Crippen LogP contribution in [0.25, 0.3) is 33.3 Å². The quantitative estimate of drug-likeness (QED) is 0.514. The van der Waals surface area contributed by atoms with Gasteiger partial charge in [-0.15, -0.1) is 0 Å². The van der Waals surface area contributed by atoms with Gasteiger partial charge in [0.15, 0.2) is 11.5 Å². The third kappa shape index (κ3) is 3.04. The molecule has 0 aliphatic carbocycles. The third-order valence-electron chi connectivity index (χ3n) is 4.93. The summed E-state index contributed by atoms with van der Waals surface area (Å²) in [6, 6.07) is 16.6. The fourth-order valence-electron chi connectivity index (χ4n) is 3.57. The number of pyridine rings is 1. The number of methoxy groups -OCH3 is 2. The van der Waals surface area contributed by atoms with E-state index in [0.29, 0.717) is 0 Å². The second kappa shape index (κ2) is 7.16. The first-order valence-electron chi connectivity index (χ1n) is 9.02. The number of hydrogen-bond acceptors (Lipinski definition) is 3. The Balaban J connectivity index is 1.87. The molecule has 0 bridgehead atoms. The van der Waals surface area contributed by atoms with Crippen molar-refractivity contribution in [2.75, 3.05) is 14.2 Å². The van der Waals surface area contributed by atoms with Crippen LogP contribution in [0.1, 0.15) is 12.5 Å². The van der Waals surface area contributed by atoms with Gasteiger partial charge in [0.25, 0.3) is 0 Å². The highest BCUT2D eigenvalue weighted by molar-refractivity contribution is 5.94. The molecule has 4 heteroatoms. The van der Waals surface area contributed by atoms with E-state index in [-0.39, 0.29) is 0 Å². The average Bonchev–Trinajstić information content (AvgIpc) is 3.11. The molecule has 0 aliphatic heterocycles. The molecular weight excluding hydrogens is 336 g/mol. The van der Waals surface area contributed by atoms with Crippen LogP contribution in [0.4, 0.5) is 0 Å². The van der Waals surface area contributed by atoms with Gasteiger partial charge in [-0.2, -0.15) is 0 Å². The van der Waals surface area contributed by atoms with Gasteiger partial charge in [-0.1, -0.05) is 19.1 Å². The van der Waals surface area contributed by atoms with E-state index in [1.807, 2.05) is 24.4 Å². The molecule has 2 heterocycles. The molecule has 0 aliphatic rings. The van der Waals surface area contributed by atoms with Gasteiger partial charge in [-0.3, -0.25) is 4.98 Å². The molecule has 0 radical (unpaired) electrons. The molecule has 0 saturated carbocycles. The van der Waals surface area contributed by atoms with Gasteiger partial charge in [-0.05, 0) is 53.9 Å². The van der Waals surface area contributed by atoms with Crippen LogP contribution < -0.4 is 9.47 Å². The minimum Gasteiger partial charge on any atom is -0.493 e. The smallest absolute Gasteiger partial charge is 0.161 e. The van der Waals surface area contributed by atoms with Crippen molar-refractivity contribution in [3.63, 3.8) is 0 Å². The topological polar surface area (TPSA) is 47.1 Å². The number of nitrogens with zero attached hydrogens (tertiary/aromatic N) is 1. The molecule has 2 aromatic heterocycles. The zero-order valence-electron chi connectivity index (χ0n) is 15.7. The van der Waals surface area contributed by atoms with Crippen molar-refractivity contribution in [2.24, 2.45) is 0 Å². The van der Waals surface area contributed by atoms with E-state index in [0.717, 1.165) is 40.3 Å². The predicted molar refractivity (Wildman–Crippen MR) is 109 cm³/mol. The van der Waals surface area contributed by atoms with Gasteiger partial charge >= 0.3 is 0 Å². The van der Waals surface area contributed by atoms with Crippen molar-refractivity contribution in [3.05, 3.63) is 66.5 Å². The molecule has 136 valence electrons. The number of aryl methyl sites for hydroxylation is 1. The summed E-state index contributed by atoms with van der Waals surface area (Å²) in [6.45, 7) is 2.18. The van der Waals surface area contributed by atoms with Crippen LogP contribution in [-0.4, -0.2) is 24.2 Å². The Bertz CT molecular complexity index is 1080. The van der Waals surface area contributed by atoms with Crippen LogP contribution in [0.5, 0.6) is 11.5 Å². The number of aromatic nitrogens is 2. The highest BCUT2D eigenvalue weighted by Crippen LogP contribution is 2.37. The van der Waals surface area contributed by atoms with E-state index >= 15 is 0 Å². The normalized spacial score (nSPS) is 10.9. The first-order valence-corrected chi connectivity index (χ1v) is 9.02. The summed E-state index contributed by atoms with van der Waals surface area (Å²) in [5.41, 5.74) is 6.92. The first kappa shape index (κ1) is 17.2. The SMILES string of the molecule is CCc1c(-c2ccc(OC)c(OC)c2)[nH]c2ccc(-c3cccnc3)cc12. The number of hydrogen-bond donors (Lipinski definition) is 1. The van der Waals surface area contributed by atoms with Gasteiger partial charge in [0.2, 0.25) is 0 Å². The molecule has 0 atom stereocenters. The van der Waals surface area contributed by atoms with Crippen LogP contribution in [-0.2, 0) is 6.42 Å². The van der Waals surface area contributed by atoms with Crippen LogP contribution in [0.3, 0.4) is 0 Å². The lowest BCUT2D eigenvalue weighted by Gasteiger charge is -2.10. The monoisotopic (exact) mass is 358 g/mol. The zero-order chi connectivity index (χ0) is 18.8. The minimum absolute atomic E-state index is 0.728. The Morgan fingerprint density at radius 2 is 1.70 bits per heavy atom. The lowest BCUT2D eigenvalue weighted by atomic mass is 10.00. The van der Waals surface area contributed by atoms with Crippen molar-refractivity contribution in [1.29, 1.82) is 0 Å². The Labute approximate surface area is 158 Å². The maximum absolute atomic E-state index is 5.48. The molecule has 0 amide bonds. The Hall–Kier alpha value is -3.27. The largest absolute Gasteiger partial charge is 0.493 e. The minimum atomic E-state index is 0.728. The van der Waals surface area contributed by atoms with Crippen molar-refractivity contribution in [1.82, 2.24) is 9.97 Å². The van der Waals surface area contributed by atoms with E-state index in [1.165, 1.54) is 16.5 Å². The van der Waals surface area contributed by atoms with Crippen LogP contribution in [0.15, 0.2) is 60.9 Å². The van der Waals surface area contributed by atoms with Crippen molar-refractivity contribution in [3.8, 4) is 33.9 Å². The zero-order valence-corrected chi connectivity index (χ0v) is 15.7.